The zero-order chi connectivity index (χ0) is 21.1. The molecule has 0 radical (unpaired) electrons. The average Bonchev–Trinajstić information content (AvgIpc) is 3.22. The molecule has 3 rings (SSSR count). The number of alkyl halides is 2. The maximum atomic E-state index is 13.7. The van der Waals surface area contributed by atoms with Gasteiger partial charge in [-0.3, -0.25) is 9.59 Å². The number of pyridine rings is 1. The highest BCUT2D eigenvalue weighted by Crippen LogP contribution is 2.28. The van der Waals surface area contributed by atoms with Gasteiger partial charge in [0.15, 0.2) is 11.6 Å². The number of hydrogen-bond acceptors (Lipinski definition) is 5. The fraction of sp³-hybridized carbons (Fsp3) is 0.211. The van der Waals surface area contributed by atoms with Gasteiger partial charge in [0, 0.05) is 12.6 Å². The van der Waals surface area contributed by atoms with E-state index < -0.39 is 24.3 Å². The number of aryl methyl sites for hydroxylation is 1. The van der Waals surface area contributed by atoms with Crippen LogP contribution in [0, 0.1) is 24.6 Å². The van der Waals surface area contributed by atoms with E-state index in [1.807, 2.05) is 6.92 Å². The maximum absolute atomic E-state index is 13.7. The van der Waals surface area contributed by atoms with Crippen LogP contribution in [0.15, 0.2) is 29.3 Å². The molecular weight excluding hydrogens is 445 g/mol. The van der Waals surface area contributed by atoms with E-state index in [0.717, 1.165) is 33.5 Å². The van der Waals surface area contributed by atoms with Crippen LogP contribution in [0.25, 0.3) is 0 Å². The fourth-order valence-corrected chi connectivity index (χ4v) is 4.21. The largest absolute Gasteiger partial charge is 0.307 e. The summed E-state index contributed by atoms with van der Waals surface area (Å²) in [6.45, 7) is 0.914. The molecule has 3 aromatic heterocycles. The first kappa shape index (κ1) is 21.3. The predicted octanol–water partition coefficient (Wildman–Crippen LogP) is 4.56. The van der Waals surface area contributed by atoms with Crippen LogP contribution in [0.3, 0.4) is 0 Å². The lowest BCUT2D eigenvalue weighted by molar-refractivity contribution is 0.0996. The van der Waals surface area contributed by atoms with Crippen LogP contribution in [0.2, 0.25) is 4.34 Å². The Balaban J connectivity index is 1.81. The lowest BCUT2D eigenvalue weighted by Crippen LogP contribution is -2.26. The molecule has 0 atom stereocenters. The predicted molar refractivity (Wildman–Crippen MR) is 107 cm³/mol. The Morgan fingerprint density at radius 1 is 1.31 bits per heavy atom. The summed E-state index contributed by atoms with van der Waals surface area (Å²) >= 11 is 8.61. The van der Waals surface area contributed by atoms with Crippen molar-refractivity contribution in [3.05, 3.63) is 70.9 Å². The molecule has 4 nitrogen and oxygen atoms in total. The van der Waals surface area contributed by atoms with Crippen LogP contribution in [-0.4, -0.2) is 21.8 Å². The minimum atomic E-state index is -2.82. The second-order valence-corrected chi connectivity index (χ2v) is 8.83. The van der Waals surface area contributed by atoms with Crippen molar-refractivity contribution >= 4 is 40.1 Å². The Morgan fingerprint density at radius 2 is 2.07 bits per heavy atom. The molecule has 0 unspecified atom stereocenters. The van der Waals surface area contributed by atoms with E-state index in [1.165, 1.54) is 17.4 Å². The van der Waals surface area contributed by atoms with Crippen molar-refractivity contribution in [3.63, 3.8) is 0 Å². The van der Waals surface area contributed by atoms with Crippen molar-refractivity contribution in [2.75, 3.05) is 0 Å². The first-order valence-electron chi connectivity index (χ1n) is 8.17. The number of thiophene rings is 1. The quantitative estimate of drug-likeness (QED) is 0.418. The third kappa shape index (κ3) is 5.35. The number of aromatic nitrogens is 2. The summed E-state index contributed by atoms with van der Waals surface area (Å²) in [6, 6.07) is 2.41. The molecule has 3 aromatic rings. The summed E-state index contributed by atoms with van der Waals surface area (Å²) < 4.78 is 39.8. The minimum Gasteiger partial charge on any atom is -0.307 e. The van der Waals surface area contributed by atoms with Crippen molar-refractivity contribution < 1.29 is 18.0 Å². The topological polar surface area (TPSA) is 52.0 Å². The summed E-state index contributed by atoms with van der Waals surface area (Å²) in [6.07, 6.45) is -0.379. The van der Waals surface area contributed by atoms with E-state index in [0.29, 0.717) is 19.3 Å². The second-order valence-electron chi connectivity index (χ2n) is 5.94. The van der Waals surface area contributed by atoms with Gasteiger partial charge < -0.3 is 4.57 Å². The van der Waals surface area contributed by atoms with E-state index in [4.69, 9.17) is 11.6 Å². The molecule has 0 aliphatic heterocycles. The lowest BCUT2D eigenvalue weighted by atomic mass is 10.1. The monoisotopic (exact) mass is 456 g/mol. The summed E-state index contributed by atoms with van der Waals surface area (Å²) in [4.78, 5) is 29.3. The van der Waals surface area contributed by atoms with Gasteiger partial charge in [-0.2, -0.15) is 0 Å². The first-order valence-corrected chi connectivity index (χ1v) is 10.2. The molecule has 0 fully saturated rings. The second kappa shape index (κ2) is 8.95. The number of hydrogen-bond donors (Lipinski definition) is 0. The van der Waals surface area contributed by atoms with Crippen molar-refractivity contribution in [2.24, 2.45) is 0 Å². The molecule has 150 valence electrons. The van der Waals surface area contributed by atoms with Crippen LogP contribution in [0.1, 0.15) is 30.7 Å². The van der Waals surface area contributed by atoms with Gasteiger partial charge in [-0.05, 0) is 30.5 Å². The van der Waals surface area contributed by atoms with Crippen molar-refractivity contribution in [1.29, 1.82) is 0 Å². The lowest BCUT2D eigenvalue weighted by Gasteiger charge is -2.08. The summed E-state index contributed by atoms with van der Waals surface area (Å²) in [7, 11) is 0. The molecular formula is C19H12ClF3N2O2S2. The molecule has 0 aliphatic rings. The van der Waals surface area contributed by atoms with Gasteiger partial charge in [-0.15, -0.1) is 22.7 Å². The molecule has 0 saturated heterocycles. The van der Waals surface area contributed by atoms with Crippen LogP contribution in [0.4, 0.5) is 13.2 Å². The Hall–Kier alpha value is -2.41. The van der Waals surface area contributed by atoms with Gasteiger partial charge in [0.05, 0.1) is 33.1 Å². The highest BCUT2D eigenvalue weighted by atomic mass is 35.5. The SMILES string of the molecule is Cc1ncc(C#Cc2cc(C(=O)Cc3cc(F)c(=O)n(CC(F)F)c3)sc2Cl)s1. The third-order valence-corrected chi connectivity index (χ3v) is 5.93. The molecule has 0 bridgehead atoms. The zero-order valence-electron chi connectivity index (χ0n) is 14.8. The standard InChI is InChI=1S/C19H12ClF3N2O2S2/c1-10-24-7-13(28-10)3-2-12-6-16(29-18(12)20)15(26)5-11-4-14(21)19(27)25(8-11)9-17(22)23/h4,6-8,17H,5,9H2,1H3. The van der Waals surface area contributed by atoms with E-state index in [2.05, 4.69) is 16.8 Å². The molecule has 0 aromatic carbocycles. The fourth-order valence-electron chi connectivity index (χ4n) is 2.45. The van der Waals surface area contributed by atoms with Gasteiger partial charge in [-0.25, -0.2) is 18.2 Å². The molecule has 10 heteroatoms. The van der Waals surface area contributed by atoms with Crippen LogP contribution < -0.4 is 5.56 Å². The average molecular weight is 457 g/mol. The van der Waals surface area contributed by atoms with E-state index in [1.54, 1.807) is 6.20 Å². The number of thiazole rings is 1. The van der Waals surface area contributed by atoms with Gasteiger partial charge in [0.2, 0.25) is 0 Å². The number of rotatable bonds is 5. The number of nitrogens with zero attached hydrogens (tertiary/aromatic N) is 2. The molecule has 0 spiro atoms. The van der Waals surface area contributed by atoms with Gasteiger partial charge in [-0.1, -0.05) is 17.5 Å². The van der Waals surface area contributed by atoms with Crippen LogP contribution in [0.5, 0.6) is 0 Å². The number of carbonyl (C=O) groups is 1. The Bertz CT molecular complexity index is 1190. The molecule has 29 heavy (non-hydrogen) atoms. The normalized spacial score (nSPS) is 10.8. The Morgan fingerprint density at radius 3 is 2.72 bits per heavy atom. The number of ketones is 1. The van der Waals surface area contributed by atoms with Gasteiger partial charge in [0.1, 0.15) is 4.34 Å². The smallest absolute Gasteiger partial charge is 0.286 e. The van der Waals surface area contributed by atoms with Crippen LogP contribution >= 0.6 is 34.3 Å². The molecule has 0 N–H and O–H groups in total. The Labute approximate surface area is 176 Å². The van der Waals surface area contributed by atoms with E-state index >= 15 is 0 Å². The highest BCUT2D eigenvalue weighted by molar-refractivity contribution is 7.18. The Kier molecular flexibility index (Phi) is 6.57. The van der Waals surface area contributed by atoms with E-state index in [9.17, 15) is 22.8 Å². The summed E-state index contributed by atoms with van der Waals surface area (Å²) in [5.41, 5.74) is -0.568. The van der Waals surface area contributed by atoms with Gasteiger partial charge in [0.25, 0.3) is 12.0 Å². The van der Waals surface area contributed by atoms with E-state index in [-0.39, 0.29) is 17.8 Å². The van der Waals surface area contributed by atoms with Crippen LogP contribution in [-0.2, 0) is 13.0 Å². The molecule has 0 aliphatic carbocycles. The summed E-state index contributed by atoms with van der Waals surface area (Å²) in [5, 5.41) is 0.877. The third-order valence-electron chi connectivity index (χ3n) is 3.70. The molecule has 0 saturated carbocycles. The van der Waals surface area contributed by atoms with Crippen molar-refractivity contribution in [3.8, 4) is 11.8 Å². The highest BCUT2D eigenvalue weighted by Gasteiger charge is 2.16. The number of halogens is 4. The van der Waals surface area contributed by atoms with Crippen molar-refractivity contribution in [1.82, 2.24) is 9.55 Å². The maximum Gasteiger partial charge on any atom is 0.286 e. The zero-order valence-corrected chi connectivity index (χ0v) is 17.2. The van der Waals surface area contributed by atoms with Crippen molar-refractivity contribution in [2.45, 2.75) is 26.3 Å². The number of carbonyl (C=O) groups excluding carboxylic acids is 1. The van der Waals surface area contributed by atoms with Gasteiger partial charge >= 0.3 is 0 Å². The number of Topliss-reactive ketones (excluding diaryl/α,β-unsaturated/α-hetero) is 1. The molecule has 3 heterocycles. The minimum absolute atomic E-state index is 0.116. The molecule has 0 amide bonds. The summed E-state index contributed by atoms with van der Waals surface area (Å²) in [5.74, 6) is 4.23. The first-order chi connectivity index (χ1) is 13.7.